The summed E-state index contributed by atoms with van der Waals surface area (Å²) in [6, 6.07) is 1.80. The molecule has 4 nitrogen and oxygen atoms in total. The maximum Gasteiger partial charge on any atom is 0.417 e. The van der Waals surface area contributed by atoms with Gasteiger partial charge in [0, 0.05) is 17.2 Å². The van der Waals surface area contributed by atoms with E-state index in [1.54, 1.807) is 12.3 Å². The molecule has 1 N–H and O–H groups in total. The normalized spacial score (nSPS) is 12.2. The summed E-state index contributed by atoms with van der Waals surface area (Å²) in [5, 5.41) is 0. The van der Waals surface area contributed by atoms with Crippen molar-refractivity contribution in [3.63, 3.8) is 0 Å². The smallest absolute Gasteiger partial charge is 0.408 e. The van der Waals surface area contributed by atoms with Crippen LogP contribution in [0.3, 0.4) is 0 Å². The zero-order valence-corrected chi connectivity index (χ0v) is 8.42. The Bertz CT molecular complexity index is 517. The van der Waals surface area contributed by atoms with E-state index in [2.05, 4.69) is 30.7 Å². The second-order valence-electron chi connectivity index (χ2n) is 4.33. The molecular formula is C10H12N2O2. The van der Waals surface area contributed by atoms with Crippen LogP contribution in [0.1, 0.15) is 26.5 Å². The SMILES string of the molecule is CC(C)(C)c1cc2oc(=O)[nH]c2cn1. The maximum absolute atomic E-state index is 10.9. The molecule has 0 unspecified atom stereocenters. The molecular weight excluding hydrogens is 180 g/mol. The molecule has 0 bridgehead atoms. The Hall–Kier alpha value is -1.58. The predicted molar refractivity (Wildman–Crippen MR) is 53.3 cm³/mol. The van der Waals surface area contributed by atoms with E-state index in [4.69, 9.17) is 4.42 Å². The number of fused-ring (bicyclic) bond motifs is 1. The standard InChI is InChI=1S/C10H12N2O2/c1-10(2,3)8-4-7-6(5-11-8)12-9(13)14-7/h4-5H,1-3H3,(H,12,13). The van der Waals surface area contributed by atoms with Gasteiger partial charge in [-0.3, -0.25) is 9.97 Å². The average Bonchev–Trinajstić information content (AvgIpc) is 2.41. The molecule has 0 fully saturated rings. The molecule has 4 heteroatoms. The maximum atomic E-state index is 10.9. The molecule has 0 aliphatic carbocycles. The van der Waals surface area contributed by atoms with Crippen molar-refractivity contribution in [1.82, 2.24) is 9.97 Å². The van der Waals surface area contributed by atoms with Crippen molar-refractivity contribution < 1.29 is 4.42 Å². The van der Waals surface area contributed by atoms with Crippen LogP contribution in [0.15, 0.2) is 21.5 Å². The Morgan fingerprint density at radius 3 is 2.79 bits per heavy atom. The van der Waals surface area contributed by atoms with Crippen molar-refractivity contribution in [3.05, 3.63) is 28.5 Å². The molecule has 74 valence electrons. The number of nitrogens with one attached hydrogen (secondary N) is 1. The number of aromatic nitrogens is 2. The minimum absolute atomic E-state index is 0.0377. The highest BCUT2D eigenvalue weighted by Crippen LogP contribution is 2.22. The third-order valence-corrected chi connectivity index (χ3v) is 2.07. The Labute approximate surface area is 81.0 Å². The van der Waals surface area contributed by atoms with Gasteiger partial charge in [-0.2, -0.15) is 0 Å². The molecule has 0 saturated heterocycles. The molecule has 2 aromatic heterocycles. The first kappa shape index (κ1) is 8.99. The van der Waals surface area contributed by atoms with Gasteiger partial charge in [-0.25, -0.2) is 4.79 Å². The molecule has 0 radical (unpaired) electrons. The summed E-state index contributed by atoms with van der Waals surface area (Å²) >= 11 is 0. The summed E-state index contributed by atoms with van der Waals surface area (Å²) in [5.74, 6) is -0.437. The topological polar surface area (TPSA) is 58.9 Å². The molecule has 0 amide bonds. The minimum Gasteiger partial charge on any atom is -0.408 e. The second-order valence-corrected chi connectivity index (χ2v) is 4.33. The van der Waals surface area contributed by atoms with E-state index in [0.29, 0.717) is 11.1 Å². The van der Waals surface area contributed by atoms with Gasteiger partial charge in [0.05, 0.1) is 6.20 Å². The van der Waals surface area contributed by atoms with Crippen molar-refractivity contribution in [2.45, 2.75) is 26.2 Å². The third-order valence-electron chi connectivity index (χ3n) is 2.07. The average molecular weight is 192 g/mol. The summed E-state index contributed by atoms with van der Waals surface area (Å²) in [5.41, 5.74) is 2.08. The van der Waals surface area contributed by atoms with E-state index in [-0.39, 0.29) is 5.41 Å². The molecule has 0 saturated carbocycles. The van der Waals surface area contributed by atoms with Crippen molar-refractivity contribution in [2.24, 2.45) is 0 Å². The molecule has 0 aliphatic heterocycles. The molecule has 2 rings (SSSR count). The lowest BCUT2D eigenvalue weighted by Crippen LogP contribution is -2.12. The van der Waals surface area contributed by atoms with E-state index in [1.807, 2.05) is 0 Å². The van der Waals surface area contributed by atoms with Gasteiger partial charge in [0.25, 0.3) is 0 Å². The van der Waals surface area contributed by atoms with Gasteiger partial charge in [0.2, 0.25) is 0 Å². The van der Waals surface area contributed by atoms with Crippen LogP contribution in [-0.4, -0.2) is 9.97 Å². The van der Waals surface area contributed by atoms with E-state index in [1.165, 1.54) is 0 Å². The van der Waals surface area contributed by atoms with Gasteiger partial charge in [0.15, 0.2) is 5.58 Å². The van der Waals surface area contributed by atoms with Gasteiger partial charge >= 0.3 is 5.76 Å². The summed E-state index contributed by atoms with van der Waals surface area (Å²) in [6.45, 7) is 6.18. The monoisotopic (exact) mass is 192 g/mol. The van der Waals surface area contributed by atoms with Crippen LogP contribution in [0.2, 0.25) is 0 Å². The van der Waals surface area contributed by atoms with Crippen LogP contribution in [-0.2, 0) is 5.41 Å². The van der Waals surface area contributed by atoms with Crippen LogP contribution < -0.4 is 5.76 Å². The fourth-order valence-electron chi connectivity index (χ4n) is 1.26. The highest BCUT2D eigenvalue weighted by atomic mass is 16.4. The quantitative estimate of drug-likeness (QED) is 0.692. The largest absolute Gasteiger partial charge is 0.417 e. The summed E-state index contributed by atoms with van der Waals surface area (Å²) in [4.78, 5) is 17.7. The first-order chi connectivity index (χ1) is 6.47. The van der Waals surface area contributed by atoms with E-state index < -0.39 is 5.76 Å². The van der Waals surface area contributed by atoms with Gasteiger partial charge in [0.1, 0.15) is 5.52 Å². The van der Waals surface area contributed by atoms with Crippen molar-refractivity contribution in [3.8, 4) is 0 Å². The van der Waals surface area contributed by atoms with Gasteiger partial charge in [-0.05, 0) is 0 Å². The molecule has 0 aromatic carbocycles. The molecule has 0 atom stereocenters. The zero-order valence-electron chi connectivity index (χ0n) is 8.42. The van der Waals surface area contributed by atoms with Crippen LogP contribution >= 0.6 is 0 Å². The number of nitrogens with zero attached hydrogens (tertiary/aromatic N) is 1. The van der Waals surface area contributed by atoms with E-state index >= 15 is 0 Å². The lowest BCUT2D eigenvalue weighted by atomic mass is 9.92. The van der Waals surface area contributed by atoms with Gasteiger partial charge in [-0.1, -0.05) is 20.8 Å². The molecule has 2 heterocycles. The number of pyridine rings is 1. The Morgan fingerprint density at radius 2 is 2.14 bits per heavy atom. The van der Waals surface area contributed by atoms with Crippen molar-refractivity contribution in [1.29, 1.82) is 0 Å². The highest BCUT2D eigenvalue weighted by molar-refractivity contribution is 5.71. The minimum atomic E-state index is -0.437. The van der Waals surface area contributed by atoms with Crippen molar-refractivity contribution in [2.75, 3.05) is 0 Å². The fourth-order valence-corrected chi connectivity index (χ4v) is 1.26. The molecule has 0 spiro atoms. The van der Waals surface area contributed by atoms with Gasteiger partial charge < -0.3 is 4.42 Å². The lowest BCUT2D eigenvalue weighted by Gasteiger charge is -2.16. The lowest BCUT2D eigenvalue weighted by molar-refractivity contribution is 0.545. The Morgan fingerprint density at radius 1 is 1.43 bits per heavy atom. The van der Waals surface area contributed by atoms with Crippen LogP contribution in [0.25, 0.3) is 11.1 Å². The summed E-state index contributed by atoms with van der Waals surface area (Å²) < 4.78 is 4.95. The van der Waals surface area contributed by atoms with Gasteiger partial charge in [-0.15, -0.1) is 0 Å². The summed E-state index contributed by atoms with van der Waals surface area (Å²) in [7, 11) is 0. The third kappa shape index (κ3) is 1.43. The molecule has 0 aliphatic rings. The molecule has 2 aromatic rings. The Kier molecular flexibility index (Phi) is 1.74. The zero-order chi connectivity index (χ0) is 10.3. The predicted octanol–water partition coefficient (Wildman–Crippen LogP) is 1.81. The number of H-pyrrole nitrogens is 1. The fraction of sp³-hybridized carbons (Fsp3) is 0.400. The number of oxazole rings is 1. The van der Waals surface area contributed by atoms with E-state index in [0.717, 1.165) is 5.69 Å². The van der Waals surface area contributed by atoms with Crippen molar-refractivity contribution >= 4 is 11.1 Å². The number of aromatic amines is 1. The van der Waals surface area contributed by atoms with Crippen LogP contribution in [0.4, 0.5) is 0 Å². The first-order valence-corrected chi connectivity index (χ1v) is 4.46. The van der Waals surface area contributed by atoms with E-state index in [9.17, 15) is 4.79 Å². The Balaban J connectivity index is 2.67. The number of rotatable bonds is 0. The number of hydrogen-bond acceptors (Lipinski definition) is 3. The first-order valence-electron chi connectivity index (χ1n) is 4.46. The number of hydrogen-bond donors (Lipinski definition) is 1. The van der Waals surface area contributed by atoms with Crippen LogP contribution in [0, 0.1) is 0 Å². The van der Waals surface area contributed by atoms with Crippen LogP contribution in [0.5, 0.6) is 0 Å². The molecule has 14 heavy (non-hydrogen) atoms. The second kappa shape index (κ2) is 2.70. The highest BCUT2D eigenvalue weighted by Gasteiger charge is 2.16. The summed E-state index contributed by atoms with van der Waals surface area (Å²) in [6.07, 6.45) is 1.63.